The Morgan fingerprint density at radius 1 is 1.62 bits per heavy atom. The molecule has 7 heteroatoms. The highest BCUT2D eigenvalue weighted by Crippen LogP contribution is 2.42. The average molecular weight is 288 g/mol. The SMILES string of the molecule is O=[N+]([O-])c1cncc(Br)c1NC1(CO)CC1. The summed E-state index contributed by atoms with van der Waals surface area (Å²) >= 11 is 3.21. The zero-order valence-corrected chi connectivity index (χ0v) is 9.90. The molecule has 86 valence electrons. The average Bonchev–Trinajstić information content (AvgIpc) is 3.01. The van der Waals surface area contributed by atoms with Gasteiger partial charge in [-0.05, 0) is 28.8 Å². The number of halogens is 1. The van der Waals surface area contributed by atoms with Gasteiger partial charge in [-0.25, -0.2) is 0 Å². The van der Waals surface area contributed by atoms with Gasteiger partial charge >= 0.3 is 5.69 Å². The van der Waals surface area contributed by atoms with Crippen molar-refractivity contribution in [2.24, 2.45) is 0 Å². The lowest BCUT2D eigenvalue weighted by Crippen LogP contribution is -2.26. The first kappa shape index (κ1) is 11.3. The van der Waals surface area contributed by atoms with Gasteiger partial charge in [0.05, 0.1) is 21.5 Å². The van der Waals surface area contributed by atoms with Gasteiger partial charge in [0.1, 0.15) is 11.9 Å². The highest BCUT2D eigenvalue weighted by Gasteiger charge is 2.43. The van der Waals surface area contributed by atoms with Crippen molar-refractivity contribution in [3.63, 3.8) is 0 Å². The molecule has 16 heavy (non-hydrogen) atoms. The number of aromatic nitrogens is 1. The second-order valence-electron chi connectivity index (χ2n) is 3.84. The van der Waals surface area contributed by atoms with Crippen LogP contribution in [0.2, 0.25) is 0 Å². The third-order valence-corrected chi connectivity index (χ3v) is 3.22. The Kier molecular flexibility index (Phi) is 2.81. The summed E-state index contributed by atoms with van der Waals surface area (Å²) in [6.45, 7) is -0.0289. The molecule has 0 unspecified atom stereocenters. The molecule has 0 radical (unpaired) electrons. The second-order valence-corrected chi connectivity index (χ2v) is 4.69. The summed E-state index contributed by atoms with van der Waals surface area (Å²) in [5.74, 6) is 0. The van der Waals surface area contributed by atoms with E-state index in [9.17, 15) is 15.2 Å². The second kappa shape index (κ2) is 3.99. The van der Waals surface area contributed by atoms with E-state index in [0.717, 1.165) is 12.8 Å². The van der Waals surface area contributed by atoms with Gasteiger partial charge in [-0.1, -0.05) is 0 Å². The number of aliphatic hydroxyl groups excluding tert-OH is 1. The Balaban J connectivity index is 2.35. The van der Waals surface area contributed by atoms with Gasteiger partial charge in [0.15, 0.2) is 0 Å². The molecule has 0 aromatic carbocycles. The van der Waals surface area contributed by atoms with Crippen molar-refractivity contribution in [3.05, 3.63) is 27.0 Å². The number of nitrogens with one attached hydrogen (secondary N) is 1. The Labute approximate surface area is 100.0 Å². The molecule has 2 N–H and O–H groups in total. The number of hydrogen-bond acceptors (Lipinski definition) is 5. The topological polar surface area (TPSA) is 88.3 Å². The molecule has 1 aliphatic rings. The van der Waals surface area contributed by atoms with Gasteiger partial charge in [0, 0.05) is 6.20 Å². The van der Waals surface area contributed by atoms with Crippen molar-refractivity contribution in [1.82, 2.24) is 4.98 Å². The Bertz CT molecular complexity index is 434. The normalized spacial score (nSPS) is 16.9. The van der Waals surface area contributed by atoms with Crippen LogP contribution in [0.5, 0.6) is 0 Å². The zero-order chi connectivity index (χ0) is 11.8. The van der Waals surface area contributed by atoms with E-state index in [1.54, 1.807) is 0 Å². The molecule has 0 saturated heterocycles. The number of rotatable bonds is 4. The van der Waals surface area contributed by atoms with E-state index in [0.29, 0.717) is 10.2 Å². The fourth-order valence-electron chi connectivity index (χ4n) is 1.43. The van der Waals surface area contributed by atoms with Gasteiger partial charge in [0.25, 0.3) is 0 Å². The molecule has 0 bridgehead atoms. The minimum absolute atomic E-state index is 0.0289. The van der Waals surface area contributed by atoms with Gasteiger partial charge in [-0.2, -0.15) is 0 Å². The van der Waals surface area contributed by atoms with Crippen LogP contribution >= 0.6 is 15.9 Å². The highest BCUT2D eigenvalue weighted by atomic mass is 79.9. The molecule has 1 aromatic heterocycles. The van der Waals surface area contributed by atoms with Gasteiger partial charge in [0.2, 0.25) is 0 Å². The molecule has 1 aromatic rings. The van der Waals surface area contributed by atoms with Crippen LogP contribution in [0.4, 0.5) is 11.4 Å². The summed E-state index contributed by atoms with van der Waals surface area (Å²) in [7, 11) is 0. The van der Waals surface area contributed by atoms with E-state index in [1.807, 2.05) is 0 Å². The van der Waals surface area contributed by atoms with Gasteiger partial charge in [-0.15, -0.1) is 0 Å². The Hall–Kier alpha value is -1.21. The lowest BCUT2D eigenvalue weighted by molar-refractivity contribution is -0.384. The summed E-state index contributed by atoms with van der Waals surface area (Å²) in [6, 6.07) is 0. The van der Waals surface area contributed by atoms with Crippen molar-refractivity contribution in [2.75, 3.05) is 11.9 Å². The van der Waals surface area contributed by atoms with Crippen molar-refractivity contribution in [1.29, 1.82) is 0 Å². The quantitative estimate of drug-likeness (QED) is 0.650. The molecule has 1 aliphatic carbocycles. The van der Waals surface area contributed by atoms with Gasteiger partial charge < -0.3 is 10.4 Å². The first-order chi connectivity index (χ1) is 7.58. The third-order valence-electron chi connectivity index (χ3n) is 2.62. The Morgan fingerprint density at radius 2 is 2.31 bits per heavy atom. The van der Waals surface area contributed by atoms with Crippen LogP contribution in [0.1, 0.15) is 12.8 Å². The predicted molar refractivity (Wildman–Crippen MR) is 61.3 cm³/mol. The number of nitrogens with zero attached hydrogens (tertiary/aromatic N) is 2. The summed E-state index contributed by atoms with van der Waals surface area (Å²) in [5, 5.41) is 23.0. The third kappa shape index (κ3) is 2.00. The van der Waals surface area contributed by atoms with Gasteiger partial charge in [-0.3, -0.25) is 15.1 Å². The van der Waals surface area contributed by atoms with Crippen molar-refractivity contribution in [2.45, 2.75) is 18.4 Å². The highest BCUT2D eigenvalue weighted by molar-refractivity contribution is 9.10. The lowest BCUT2D eigenvalue weighted by Gasteiger charge is -2.16. The van der Waals surface area contributed by atoms with Crippen molar-refractivity contribution >= 4 is 27.3 Å². The fraction of sp³-hybridized carbons (Fsp3) is 0.444. The maximum absolute atomic E-state index is 10.8. The van der Waals surface area contributed by atoms with Crippen molar-refractivity contribution in [3.8, 4) is 0 Å². The van der Waals surface area contributed by atoms with E-state index >= 15 is 0 Å². The van der Waals surface area contributed by atoms with E-state index < -0.39 is 10.5 Å². The maximum atomic E-state index is 10.8. The van der Waals surface area contributed by atoms with Crippen molar-refractivity contribution < 1.29 is 10.0 Å². The summed E-state index contributed by atoms with van der Waals surface area (Å²) in [4.78, 5) is 14.1. The molecule has 0 spiro atoms. The number of aliphatic hydroxyl groups is 1. The lowest BCUT2D eigenvalue weighted by atomic mass is 10.2. The van der Waals surface area contributed by atoms with Crippen LogP contribution in [0.3, 0.4) is 0 Å². The molecule has 0 amide bonds. The van der Waals surface area contributed by atoms with E-state index in [1.165, 1.54) is 12.4 Å². The first-order valence-electron chi connectivity index (χ1n) is 4.75. The predicted octanol–water partition coefficient (Wildman–Crippen LogP) is 1.69. The van der Waals surface area contributed by atoms with Crippen LogP contribution in [0.15, 0.2) is 16.9 Å². The maximum Gasteiger partial charge on any atom is 0.311 e. The molecule has 1 heterocycles. The summed E-state index contributed by atoms with van der Waals surface area (Å²) in [5.41, 5.74) is -0.102. The molecule has 0 atom stereocenters. The molecule has 2 rings (SSSR count). The fourth-order valence-corrected chi connectivity index (χ4v) is 1.85. The Morgan fingerprint density at radius 3 is 2.81 bits per heavy atom. The monoisotopic (exact) mass is 287 g/mol. The van der Waals surface area contributed by atoms with Crippen LogP contribution in [0.25, 0.3) is 0 Å². The number of nitro groups is 1. The molecular formula is C9H10BrN3O3. The molecule has 0 aliphatic heterocycles. The molecule has 1 fully saturated rings. The van der Waals surface area contributed by atoms with Crippen LogP contribution in [-0.4, -0.2) is 27.2 Å². The summed E-state index contributed by atoms with van der Waals surface area (Å²) in [6.07, 6.45) is 4.31. The standard InChI is InChI=1S/C9H10BrN3O3/c10-6-3-11-4-7(13(15)16)8(6)12-9(5-14)1-2-9/h3-4,14H,1-2,5H2,(H,11,12). The molecule has 1 saturated carbocycles. The smallest absolute Gasteiger partial charge is 0.311 e. The minimum Gasteiger partial charge on any atom is -0.394 e. The number of hydrogen-bond donors (Lipinski definition) is 2. The minimum atomic E-state index is -0.493. The largest absolute Gasteiger partial charge is 0.394 e. The number of anilines is 1. The molecule has 6 nitrogen and oxygen atoms in total. The van der Waals surface area contributed by atoms with Crippen LogP contribution in [0, 0.1) is 10.1 Å². The van der Waals surface area contributed by atoms with E-state index in [4.69, 9.17) is 0 Å². The summed E-state index contributed by atoms with van der Waals surface area (Å²) < 4.78 is 0.529. The zero-order valence-electron chi connectivity index (χ0n) is 8.31. The first-order valence-corrected chi connectivity index (χ1v) is 5.54. The van der Waals surface area contributed by atoms with Crippen LogP contribution < -0.4 is 5.32 Å². The van der Waals surface area contributed by atoms with Crippen LogP contribution in [-0.2, 0) is 0 Å². The number of pyridine rings is 1. The van der Waals surface area contributed by atoms with E-state index in [2.05, 4.69) is 26.2 Å². The molecular weight excluding hydrogens is 278 g/mol. The van der Waals surface area contributed by atoms with E-state index in [-0.39, 0.29) is 12.3 Å².